The van der Waals surface area contributed by atoms with Crippen molar-refractivity contribution in [2.24, 2.45) is 0 Å². The predicted octanol–water partition coefficient (Wildman–Crippen LogP) is 4.70. The van der Waals surface area contributed by atoms with E-state index in [0.717, 1.165) is 11.4 Å². The van der Waals surface area contributed by atoms with Gasteiger partial charge in [-0.15, -0.1) is 0 Å². The van der Waals surface area contributed by atoms with Crippen molar-refractivity contribution in [1.82, 2.24) is 4.98 Å². The second-order valence-electron chi connectivity index (χ2n) is 6.01. The Morgan fingerprint density at radius 3 is 2.38 bits per heavy atom. The summed E-state index contributed by atoms with van der Waals surface area (Å²) < 4.78 is 5.14. The number of hydrogen-bond acceptors (Lipinski definition) is 4. The monoisotopic (exact) mass is 347 g/mol. The number of methoxy groups -OCH3 is 1. The van der Waals surface area contributed by atoms with Gasteiger partial charge in [-0.25, -0.2) is 4.98 Å². The second kappa shape index (κ2) is 7.70. The van der Waals surface area contributed by atoms with Crippen LogP contribution in [0.4, 0.5) is 17.2 Å². The number of aromatic nitrogens is 1. The summed E-state index contributed by atoms with van der Waals surface area (Å²) in [6.45, 7) is 4.12. The minimum Gasteiger partial charge on any atom is -0.497 e. The molecule has 1 heterocycles. The Bertz CT molecular complexity index is 901. The van der Waals surface area contributed by atoms with Crippen molar-refractivity contribution in [1.29, 1.82) is 0 Å². The summed E-state index contributed by atoms with van der Waals surface area (Å²) in [5.41, 5.74) is 4.79. The molecule has 2 aromatic carbocycles. The smallest absolute Gasteiger partial charge is 0.256 e. The molecule has 0 aliphatic rings. The standard InChI is InChI=1S/C21H21N3O2/c1-14-6-4-7-15(2)20(14)23-17-10-11-19(22-13-17)24-21(25)16-8-5-9-18(12-16)26-3/h4-13,23H,1-3H3,(H,22,24,25). The molecule has 0 aliphatic carbocycles. The van der Waals surface area contributed by atoms with Crippen LogP contribution in [0.1, 0.15) is 21.5 Å². The average molecular weight is 347 g/mol. The third-order valence-corrected chi connectivity index (χ3v) is 4.09. The van der Waals surface area contributed by atoms with Gasteiger partial charge in [0.25, 0.3) is 5.91 Å². The van der Waals surface area contributed by atoms with Gasteiger partial charge in [0, 0.05) is 11.3 Å². The molecule has 0 saturated carbocycles. The number of ether oxygens (including phenoxy) is 1. The molecule has 0 spiro atoms. The number of benzene rings is 2. The molecule has 0 saturated heterocycles. The highest BCUT2D eigenvalue weighted by molar-refractivity contribution is 6.04. The number of nitrogens with one attached hydrogen (secondary N) is 2. The fraction of sp³-hybridized carbons (Fsp3) is 0.143. The van der Waals surface area contributed by atoms with Gasteiger partial charge in [0.2, 0.25) is 0 Å². The molecule has 3 aromatic rings. The molecule has 0 atom stereocenters. The number of pyridine rings is 1. The molecule has 0 radical (unpaired) electrons. The van der Waals surface area contributed by atoms with Crippen LogP contribution in [0.2, 0.25) is 0 Å². The fourth-order valence-electron chi connectivity index (χ4n) is 2.65. The fourth-order valence-corrected chi connectivity index (χ4v) is 2.65. The number of amides is 1. The van der Waals surface area contributed by atoms with Crippen molar-refractivity contribution >= 4 is 23.1 Å². The van der Waals surface area contributed by atoms with E-state index in [1.165, 1.54) is 11.1 Å². The molecule has 0 bridgehead atoms. The van der Waals surface area contributed by atoms with E-state index < -0.39 is 0 Å². The molecule has 1 amide bonds. The van der Waals surface area contributed by atoms with E-state index >= 15 is 0 Å². The molecule has 5 heteroatoms. The quantitative estimate of drug-likeness (QED) is 0.702. The number of aryl methyl sites for hydroxylation is 2. The third-order valence-electron chi connectivity index (χ3n) is 4.09. The van der Waals surface area contributed by atoms with Crippen molar-refractivity contribution in [2.45, 2.75) is 13.8 Å². The van der Waals surface area contributed by atoms with Crippen LogP contribution in [-0.4, -0.2) is 18.0 Å². The molecule has 5 nitrogen and oxygen atoms in total. The van der Waals surface area contributed by atoms with Gasteiger partial charge in [0.05, 0.1) is 19.0 Å². The summed E-state index contributed by atoms with van der Waals surface area (Å²) >= 11 is 0. The lowest BCUT2D eigenvalue weighted by Gasteiger charge is -2.13. The van der Waals surface area contributed by atoms with Gasteiger partial charge in [-0.2, -0.15) is 0 Å². The Morgan fingerprint density at radius 2 is 1.73 bits per heavy atom. The molecule has 1 aromatic heterocycles. The highest BCUT2D eigenvalue weighted by Crippen LogP contribution is 2.24. The van der Waals surface area contributed by atoms with Crippen LogP contribution in [0.5, 0.6) is 5.75 Å². The van der Waals surface area contributed by atoms with E-state index in [1.807, 2.05) is 12.1 Å². The Hall–Kier alpha value is -3.34. The van der Waals surface area contributed by atoms with Crippen molar-refractivity contribution < 1.29 is 9.53 Å². The average Bonchev–Trinajstić information content (AvgIpc) is 2.66. The van der Waals surface area contributed by atoms with Gasteiger partial charge < -0.3 is 15.4 Å². The maximum absolute atomic E-state index is 12.3. The largest absolute Gasteiger partial charge is 0.497 e. The van der Waals surface area contributed by atoms with Crippen LogP contribution in [0.25, 0.3) is 0 Å². The van der Waals surface area contributed by atoms with Crippen molar-refractivity contribution in [3.05, 3.63) is 77.5 Å². The Morgan fingerprint density at radius 1 is 1.00 bits per heavy atom. The number of rotatable bonds is 5. The van der Waals surface area contributed by atoms with E-state index in [-0.39, 0.29) is 5.91 Å². The lowest BCUT2D eigenvalue weighted by molar-refractivity contribution is 0.102. The van der Waals surface area contributed by atoms with Gasteiger partial charge >= 0.3 is 0 Å². The third kappa shape index (κ3) is 4.00. The van der Waals surface area contributed by atoms with Crippen LogP contribution < -0.4 is 15.4 Å². The first kappa shape index (κ1) is 17.5. The van der Waals surface area contributed by atoms with Gasteiger partial charge in [-0.3, -0.25) is 4.79 Å². The van der Waals surface area contributed by atoms with Gasteiger partial charge in [-0.1, -0.05) is 24.3 Å². The van der Waals surface area contributed by atoms with E-state index in [2.05, 4.69) is 41.6 Å². The van der Waals surface area contributed by atoms with Crippen molar-refractivity contribution in [3.63, 3.8) is 0 Å². The lowest BCUT2D eigenvalue weighted by atomic mass is 10.1. The first-order valence-electron chi connectivity index (χ1n) is 8.31. The molecule has 2 N–H and O–H groups in total. The summed E-state index contributed by atoms with van der Waals surface area (Å²) in [6, 6.07) is 16.8. The number of nitrogens with zero attached hydrogens (tertiary/aromatic N) is 1. The first-order valence-corrected chi connectivity index (χ1v) is 8.31. The zero-order valence-electron chi connectivity index (χ0n) is 15.0. The van der Waals surface area contributed by atoms with E-state index in [0.29, 0.717) is 17.1 Å². The van der Waals surface area contributed by atoms with E-state index in [4.69, 9.17) is 4.74 Å². The molecule has 3 rings (SSSR count). The first-order chi connectivity index (χ1) is 12.6. The van der Waals surface area contributed by atoms with E-state index in [9.17, 15) is 4.79 Å². The summed E-state index contributed by atoms with van der Waals surface area (Å²) in [5.74, 6) is 0.899. The topological polar surface area (TPSA) is 63.2 Å². The highest BCUT2D eigenvalue weighted by Gasteiger charge is 2.08. The molecule has 0 aliphatic heterocycles. The Labute approximate surface area is 153 Å². The Kier molecular flexibility index (Phi) is 5.17. The molecule has 0 fully saturated rings. The second-order valence-corrected chi connectivity index (χ2v) is 6.01. The van der Waals surface area contributed by atoms with Gasteiger partial charge in [0.1, 0.15) is 11.6 Å². The summed E-state index contributed by atoms with van der Waals surface area (Å²) in [4.78, 5) is 16.6. The maximum Gasteiger partial charge on any atom is 0.256 e. The highest BCUT2D eigenvalue weighted by atomic mass is 16.5. The van der Waals surface area contributed by atoms with Gasteiger partial charge in [-0.05, 0) is 55.3 Å². The van der Waals surface area contributed by atoms with Crippen molar-refractivity contribution in [2.75, 3.05) is 17.7 Å². The number of hydrogen-bond donors (Lipinski definition) is 2. The SMILES string of the molecule is COc1cccc(C(=O)Nc2ccc(Nc3c(C)cccc3C)cn2)c1. The predicted molar refractivity (Wildman–Crippen MR) is 104 cm³/mol. The minimum atomic E-state index is -0.230. The molecule has 26 heavy (non-hydrogen) atoms. The zero-order valence-corrected chi connectivity index (χ0v) is 15.0. The molecule has 0 unspecified atom stereocenters. The molecular weight excluding hydrogens is 326 g/mol. The Balaban J connectivity index is 1.70. The summed E-state index contributed by atoms with van der Waals surface area (Å²) in [5, 5.41) is 6.17. The van der Waals surface area contributed by atoms with Crippen LogP contribution in [0.15, 0.2) is 60.8 Å². The zero-order chi connectivity index (χ0) is 18.5. The summed E-state index contributed by atoms with van der Waals surface area (Å²) in [7, 11) is 1.57. The number of carbonyl (C=O) groups excluding carboxylic acids is 1. The lowest BCUT2D eigenvalue weighted by Crippen LogP contribution is -2.13. The number of carbonyl (C=O) groups is 1. The van der Waals surface area contributed by atoms with E-state index in [1.54, 1.807) is 43.6 Å². The minimum absolute atomic E-state index is 0.230. The van der Waals surface area contributed by atoms with Crippen molar-refractivity contribution in [3.8, 4) is 5.75 Å². The van der Waals surface area contributed by atoms with Crippen LogP contribution in [0.3, 0.4) is 0 Å². The van der Waals surface area contributed by atoms with Crippen LogP contribution in [0, 0.1) is 13.8 Å². The van der Waals surface area contributed by atoms with Crippen LogP contribution in [-0.2, 0) is 0 Å². The van der Waals surface area contributed by atoms with Gasteiger partial charge in [0.15, 0.2) is 0 Å². The molecular formula is C21H21N3O2. The number of anilines is 3. The van der Waals surface area contributed by atoms with Crippen LogP contribution >= 0.6 is 0 Å². The molecule has 132 valence electrons. The maximum atomic E-state index is 12.3. The number of para-hydroxylation sites is 1. The summed E-state index contributed by atoms with van der Waals surface area (Å²) in [6.07, 6.45) is 1.70. The normalized spacial score (nSPS) is 10.3.